The fourth-order valence-electron chi connectivity index (χ4n) is 1.44. The van der Waals surface area contributed by atoms with Crippen LogP contribution < -0.4 is 10.6 Å². The number of terminal acetylenes is 1. The minimum Gasteiger partial charge on any atom is -0.350 e. The van der Waals surface area contributed by atoms with E-state index < -0.39 is 0 Å². The minimum atomic E-state index is 0.437. The van der Waals surface area contributed by atoms with Gasteiger partial charge in [0.05, 0.1) is 5.56 Å². The van der Waals surface area contributed by atoms with E-state index in [1.165, 1.54) is 0 Å². The molecular weight excluding hydrogens is 176 g/mol. The first-order valence-corrected chi connectivity index (χ1v) is 4.64. The Morgan fingerprint density at radius 3 is 2.86 bits per heavy atom. The molecule has 0 aliphatic carbocycles. The Bertz CT molecular complexity index is 332. The molecule has 2 N–H and O–H groups in total. The first kappa shape index (κ1) is 8.97. The van der Waals surface area contributed by atoms with Crippen LogP contribution in [0.3, 0.4) is 0 Å². The zero-order chi connectivity index (χ0) is 9.80. The molecule has 4 heteroatoms. The first-order valence-electron chi connectivity index (χ1n) is 4.64. The van der Waals surface area contributed by atoms with Crippen molar-refractivity contribution in [1.82, 2.24) is 15.3 Å². The van der Waals surface area contributed by atoms with Crippen molar-refractivity contribution in [3.8, 4) is 12.3 Å². The van der Waals surface area contributed by atoms with Crippen molar-refractivity contribution in [2.24, 2.45) is 0 Å². The largest absolute Gasteiger partial charge is 0.350 e. The average molecular weight is 188 g/mol. The summed E-state index contributed by atoms with van der Waals surface area (Å²) in [5.41, 5.74) is 0.708. The Hall–Kier alpha value is -1.60. The summed E-state index contributed by atoms with van der Waals surface area (Å²) in [4.78, 5) is 8.24. The number of rotatable bonds is 2. The van der Waals surface area contributed by atoms with Gasteiger partial charge in [-0.05, 0) is 13.0 Å². The van der Waals surface area contributed by atoms with Crippen molar-refractivity contribution >= 4 is 5.95 Å². The highest BCUT2D eigenvalue weighted by Crippen LogP contribution is 2.05. The van der Waals surface area contributed by atoms with Gasteiger partial charge < -0.3 is 10.6 Å². The third kappa shape index (κ3) is 2.01. The molecule has 1 aromatic heterocycles. The maximum atomic E-state index is 5.20. The number of nitrogens with zero attached hydrogens (tertiary/aromatic N) is 2. The van der Waals surface area contributed by atoms with Crippen LogP contribution in [-0.4, -0.2) is 29.1 Å². The van der Waals surface area contributed by atoms with Crippen LogP contribution in [0.4, 0.5) is 5.95 Å². The van der Waals surface area contributed by atoms with Gasteiger partial charge in [-0.1, -0.05) is 5.92 Å². The highest BCUT2D eigenvalue weighted by Gasteiger charge is 2.14. The summed E-state index contributed by atoms with van der Waals surface area (Å²) < 4.78 is 0. The Balaban J connectivity index is 1.99. The minimum absolute atomic E-state index is 0.437. The van der Waals surface area contributed by atoms with Crippen LogP contribution in [0, 0.1) is 12.3 Å². The summed E-state index contributed by atoms with van der Waals surface area (Å²) in [6.45, 7) is 2.03. The van der Waals surface area contributed by atoms with Gasteiger partial charge in [-0.25, -0.2) is 9.97 Å². The van der Waals surface area contributed by atoms with Gasteiger partial charge >= 0.3 is 0 Å². The molecular formula is C10H12N4. The highest BCUT2D eigenvalue weighted by atomic mass is 15.1. The quantitative estimate of drug-likeness (QED) is 0.652. The Morgan fingerprint density at radius 1 is 1.50 bits per heavy atom. The van der Waals surface area contributed by atoms with Crippen LogP contribution in [0.1, 0.15) is 12.0 Å². The highest BCUT2D eigenvalue weighted by molar-refractivity contribution is 5.32. The number of nitrogens with one attached hydrogen (secondary N) is 2. The van der Waals surface area contributed by atoms with E-state index in [0.29, 0.717) is 17.6 Å². The second kappa shape index (κ2) is 4.07. The number of anilines is 1. The zero-order valence-corrected chi connectivity index (χ0v) is 7.83. The fraction of sp³-hybridized carbons (Fsp3) is 0.400. The fourth-order valence-corrected chi connectivity index (χ4v) is 1.44. The van der Waals surface area contributed by atoms with E-state index in [-0.39, 0.29) is 0 Å². The molecule has 14 heavy (non-hydrogen) atoms. The predicted molar refractivity (Wildman–Crippen MR) is 54.9 cm³/mol. The molecule has 0 radical (unpaired) electrons. The summed E-state index contributed by atoms with van der Waals surface area (Å²) in [5.74, 6) is 3.13. The molecule has 1 aromatic rings. The molecule has 1 fully saturated rings. The van der Waals surface area contributed by atoms with Gasteiger partial charge in [-0.15, -0.1) is 6.42 Å². The lowest BCUT2D eigenvalue weighted by Crippen LogP contribution is -2.23. The Kier molecular flexibility index (Phi) is 2.61. The standard InChI is InChI=1S/C10H12N4/c1-2-8-5-12-10(13-6-8)14-9-3-4-11-7-9/h1,5-6,9,11H,3-4,7H2,(H,12,13,14)/t9-/m1/s1. The maximum Gasteiger partial charge on any atom is 0.222 e. The van der Waals surface area contributed by atoms with E-state index in [1.807, 2.05) is 0 Å². The molecule has 72 valence electrons. The van der Waals surface area contributed by atoms with E-state index in [4.69, 9.17) is 6.42 Å². The van der Waals surface area contributed by atoms with Crippen LogP contribution in [-0.2, 0) is 0 Å². The number of hydrogen-bond donors (Lipinski definition) is 2. The molecule has 0 unspecified atom stereocenters. The van der Waals surface area contributed by atoms with Gasteiger partial charge in [0.1, 0.15) is 0 Å². The van der Waals surface area contributed by atoms with Gasteiger partial charge in [0, 0.05) is 25.0 Å². The summed E-state index contributed by atoms with van der Waals surface area (Å²) >= 11 is 0. The van der Waals surface area contributed by atoms with Crippen LogP contribution in [0.2, 0.25) is 0 Å². The monoisotopic (exact) mass is 188 g/mol. The van der Waals surface area contributed by atoms with Crippen LogP contribution in [0.25, 0.3) is 0 Å². The first-order chi connectivity index (χ1) is 6.88. The molecule has 0 aromatic carbocycles. The van der Waals surface area contributed by atoms with Gasteiger partial charge in [-0.2, -0.15) is 0 Å². The van der Waals surface area contributed by atoms with Gasteiger partial charge in [0.2, 0.25) is 5.95 Å². The molecule has 2 heterocycles. The van der Waals surface area contributed by atoms with E-state index in [2.05, 4.69) is 26.5 Å². The van der Waals surface area contributed by atoms with E-state index >= 15 is 0 Å². The SMILES string of the molecule is C#Cc1cnc(N[C@@H]2CCNC2)nc1. The van der Waals surface area contributed by atoms with Crippen molar-refractivity contribution < 1.29 is 0 Å². The van der Waals surface area contributed by atoms with Crippen molar-refractivity contribution in [2.45, 2.75) is 12.5 Å². The molecule has 2 rings (SSSR count). The Morgan fingerprint density at radius 2 is 2.29 bits per heavy atom. The maximum absolute atomic E-state index is 5.20. The molecule has 4 nitrogen and oxygen atoms in total. The molecule has 0 bridgehead atoms. The zero-order valence-electron chi connectivity index (χ0n) is 7.83. The third-order valence-corrected chi connectivity index (χ3v) is 2.21. The van der Waals surface area contributed by atoms with E-state index in [9.17, 15) is 0 Å². The second-order valence-electron chi connectivity index (χ2n) is 3.27. The van der Waals surface area contributed by atoms with Crippen LogP contribution in [0.15, 0.2) is 12.4 Å². The molecule has 1 saturated heterocycles. The number of hydrogen-bond acceptors (Lipinski definition) is 4. The van der Waals surface area contributed by atoms with E-state index in [0.717, 1.165) is 19.5 Å². The normalized spacial score (nSPS) is 20.4. The topological polar surface area (TPSA) is 49.8 Å². The summed E-state index contributed by atoms with van der Waals surface area (Å²) in [7, 11) is 0. The average Bonchev–Trinajstić information content (AvgIpc) is 2.72. The van der Waals surface area contributed by atoms with Crippen LogP contribution >= 0.6 is 0 Å². The van der Waals surface area contributed by atoms with Crippen molar-refractivity contribution in [2.75, 3.05) is 18.4 Å². The smallest absolute Gasteiger partial charge is 0.222 e. The molecule has 0 spiro atoms. The molecule has 0 amide bonds. The molecule has 1 atom stereocenters. The second-order valence-corrected chi connectivity index (χ2v) is 3.27. The number of aromatic nitrogens is 2. The predicted octanol–water partition coefficient (Wildman–Crippen LogP) is 0.232. The Labute approximate surface area is 83.2 Å². The van der Waals surface area contributed by atoms with Crippen molar-refractivity contribution in [1.29, 1.82) is 0 Å². The van der Waals surface area contributed by atoms with Crippen LogP contribution in [0.5, 0.6) is 0 Å². The lowest BCUT2D eigenvalue weighted by atomic mass is 10.3. The molecule has 1 aliphatic rings. The summed E-state index contributed by atoms with van der Waals surface area (Å²) in [6, 6.07) is 0.437. The lowest BCUT2D eigenvalue weighted by molar-refractivity contribution is 0.780. The molecule has 1 aliphatic heterocycles. The van der Waals surface area contributed by atoms with Gasteiger partial charge in [0.15, 0.2) is 0 Å². The summed E-state index contributed by atoms with van der Waals surface area (Å²) in [6.07, 6.45) is 9.62. The van der Waals surface area contributed by atoms with E-state index in [1.54, 1.807) is 12.4 Å². The van der Waals surface area contributed by atoms with Gasteiger partial charge in [0.25, 0.3) is 0 Å². The molecule has 0 saturated carbocycles. The lowest BCUT2D eigenvalue weighted by Gasteiger charge is -2.10. The summed E-state index contributed by atoms with van der Waals surface area (Å²) in [5, 5.41) is 6.50. The van der Waals surface area contributed by atoms with Crippen molar-refractivity contribution in [3.05, 3.63) is 18.0 Å². The third-order valence-electron chi connectivity index (χ3n) is 2.21. The van der Waals surface area contributed by atoms with Gasteiger partial charge in [-0.3, -0.25) is 0 Å². The van der Waals surface area contributed by atoms with Crippen molar-refractivity contribution in [3.63, 3.8) is 0 Å².